The van der Waals surface area contributed by atoms with E-state index in [-0.39, 0.29) is 0 Å². The summed E-state index contributed by atoms with van der Waals surface area (Å²) >= 11 is 0. The van der Waals surface area contributed by atoms with Crippen molar-refractivity contribution in [2.24, 2.45) is 0 Å². The maximum atomic E-state index is 6.08. The minimum atomic E-state index is 0.855. The minimum Gasteiger partial charge on any atom is -0.397 e. The Morgan fingerprint density at radius 1 is 1.00 bits per heavy atom. The molecule has 2 N–H and O–H groups in total. The van der Waals surface area contributed by atoms with Crippen LogP contribution in [-0.2, 0) is 0 Å². The van der Waals surface area contributed by atoms with Crippen LogP contribution in [0.5, 0.6) is 0 Å². The van der Waals surface area contributed by atoms with Gasteiger partial charge in [0.1, 0.15) is 0 Å². The van der Waals surface area contributed by atoms with E-state index < -0.39 is 0 Å². The van der Waals surface area contributed by atoms with Crippen LogP contribution in [0.15, 0.2) is 36.4 Å². The van der Waals surface area contributed by atoms with Crippen molar-refractivity contribution >= 4 is 22.1 Å². The highest BCUT2D eigenvalue weighted by atomic mass is 15.1. The van der Waals surface area contributed by atoms with Crippen molar-refractivity contribution in [3.63, 3.8) is 0 Å². The monoisotopic (exact) mass is 186 g/mol. The SMILES string of the molecule is CN(C)c1ccc2ccccc2c1N. The molecule has 0 aliphatic rings. The lowest BCUT2D eigenvalue weighted by Crippen LogP contribution is -2.11. The van der Waals surface area contributed by atoms with Crippen LogP contribution in [0.4, 0.5) is 11.4 Å². The summed E-state index contributed by atoms with van der Waals surface area (Å²) in [4.78, 5) is 2.03. The first kappa shape index (κ1) is 8.88. The van der Waals surface area contributed by atoms with Crippen LogP contribution < -0.4 is 10.6 Å². The highest BCUT2D eigenvalue weighted by molar-refractivity contribution is 5.98. The second kappa shape index (κ2) is 3.22. The molecule has 0 aliphatic heterocycles. The first-order valence-electron chi connectivity index (χ1n) is 4.64. The van der Waals surface area contributed by atoms with Gasteiger partial charge >= 0.3 is 0 Å². The van der Waals surface area contributed by atoms with Crippen molar-refractivity contribution in [1.82, 2.24) is 0 Å². The topological polar surface area (TPSA) is 29.3 Å². The predicted molar refractivity (Wildman–Crippen MR) is 62.7 cm³/mol. The van der Waals surface area contributed by atoms with Crippen LogP contribution in [0, 0.1) is 0 Å². The van der Waals surface area contributed by atoms with Gasteiger partial charge in [0.2, 0.25) is 0 Å². The molecule has 72 valence electrons. The summed E-state index contributed by atoms with van der Waals surface area (Å²) in [6, 6.07) is 12.3. The Balaban J connectivity index is 2.75. The summed E-state index contributed by atoms with van der Waals surface area (Å²) in [6.45, 7) is 0. The Morgan fingerprint density at radius 2 is 1.71 bits per heavy atom. The quantitative estimate of drug-likeness (QED) is 0.693. The van der Waals surface area contributed by atoms with Gasteiger partial charge in [0.15, 0.2) is 0 Å². The van der Waals surface area contributed by atoms with Crippen LogP contribution in [0.2, 0.25) is 0 Å². The van der Waals surface area contributed by atoms with Gasteiger partial charge in [-0.25, -0.2) is 0 Å². The van der Waals surface area contributed by atoms with E-state index in [0.29, 0.717) is 0 Å². The molecule has 0 atom stereocenters. The van der Waals surface area contributed by atoms with Crippen LogP contribution in [-0.4, -0.2) is 14.1 Å². The highest BCUT2D eigenvalue weighted by Gasteiger charge is 2.04. The molecule has 14 heavy (non-hydrogen) atoms. The molecule has 0 saturated carbocycles. The third-order valence-electron chi connectivity index (χ3n) is 2.43. The van der Waals surface area contributed by atoms with Gasteiger partial charge in [-0.2, -0.15) is 0 Å². The molecule has 0 aromatic heterocycles. The van der Waals surface area contributed by atoms with Crippen molar-refractivity contribution in [3.8, 4) is 0 Å². The Labute approximate surface area is 83.9 Å². The highest BCUT2D eigenvalue weighted by Crippen LogP contribution is 2.29. The Bertz CT molecular complexity index is 461. The molecule has 2 nitrogen and oxygen atoms in total. The van der Waals surface area contributed by atoms with Gasteiger partial charge in [0, 0.05) is 19.5 Å². The average molecular weight is 186 g/mol. The van der Waals surface area contributed by atoms with Gasteiger partial charge < -0.3 is 10.6 Å². The second-order valence-corrected chi connectivity index (χ2v) is 3.61. The fourth-order valence-electron chi connectivity index (χ4n) is 1.67. The number of benzene rings is 2. The third kappa shape index (κ3) is 1.29. The van der Waals surface area contributed by atoms with Crippen molar-refractivity contribution in [3.05, 3.63) is 36.4 Å². The number of nitrogen functional groups attached to an aromatic ring is 1. The molecule has 0 amide bonds. The molecule has 0 radical (unpaired) electrons. The molecule has 2 heteroatoms. The van der Waals surface area contributed by atoms with Gasteiger partial charge in [-0.3, -0.25) is 0 Å². The van der Waals surface area contributed by atoms with Crippen LogP contribution in [0.1, 0.15) is 0 Å². The van der Waals surface area contributed by atoms with E-state index in [0.717, 1.165) is 16.8 Å². The number of rotatable bonds is 1. The Hall–Kier alpha value is -1.70. The second-order valence-electron chi connectivity index (χ2n) is 3.61. The fraction of sp³-hybridized carbons (Fsp3) is 0.167. The predicted octanol–water partition coefficient (Wildman–Crippen LogP) is 2.49. The van der Waals surface area contributed by atoms with Crippen molar-refractivity contribution in [1.29, 1.82) is 0 Å². The van der Waals surface area contributed by atoms with Crippen LogP contribution in [0.25, 0.3) is 10.8 Å². The molecule has 2 aromatic rings. The number of hydrogen-bond acceptors (Lipinski definition) is 2. The van der Waals surface area contributed by atoms with Gasteiger partial charge in [0.25, 0.3) is 0 Å². The number of nitrogens with two attached hydrogens (primary N) is 1. The lowest BCUT2D eigenvalue weighted by atomic mass is 10.1. The number of nitrogens with zero attached hydrogens (tertiary/aromatic N) is 1. The molecular formula is C12H14N2. The third-order valence-corrected chi connectivity index (χ3v) is 2.43. The van der Waals surface area contributed by atoms with E-state index >= 15 is 0 Å². The summed E-state index contributed by atoms with van der Waals surface area (Å²) in [5.41, 5.74) is 8.01. The molecular weight excluding hydrogens is 172 g/mol. The zero-order valence-corrected chi connectivity index (χ0v) is 8.49. The number of hydrogen-bond donors (Lipinski definition) is 1. The minimum absolute atomic E-state index is 0.855. The first-order chi connectivity index (χ1) is 6.70. The van der Waals surface area contributed by atoms with Gasteiger partial charge in [-0.05, 0) is 11.5 Å². The lowest BCUT2D eigenvalue weighted by Gasteiger charge is -2.16. The van der Waals surface area contributed by atoms with Gasteiger partial charge in [-0.1, -0.05) is 30.3 Å². The van der Waals surface area contributed by atoms with Crippen LogP contribution >= 0.6 is 0 Å². The van der Waals surface area contributed by atoms with E-state index in [4.69, 9.17) is 5.73 Å². The molecule has 2 rings (SSSR count). The summed E-state index contributed by atoms with van der Waals surface area (Å²) in [5.74, 6) is 0. The van der Waals surface area contributed by atoms with E-state index in [9.17, 15) is 0 Å². The molecule has 0 saturated heterocycles. The smallest absolute Gasteiger partial charge is 0.0631 e. The Kier molecular flexibility index (Phi) is 2.04. The molecule has 2 aromatic carbocycles. The molecule has 0 heterocycles. The Morgan fingerprint density at radius 3 is 2.43 bits per heavy atom. The van der Waals surface area contributed by atoms with Crippen molar-refractivity contribution < 1.29 is 0 Å². The van der Waals surface area contributed by atoms with E-state index in [2.05, 4.69) is 24.3 Å². The fourth-order valence-corrected chi connectivity index (χ4v) is 1.67. The largest absolute Gasteiger partial charge is 0.397 e. The van der Waals surface area contributed by atoms with E-state index in [1.165, 1.54) is 5.39 Å². The summed E-state index contributed by atoms with van der Waals surface area (Å²) in [6.07, 6.45) is 0. The number of fused-ring (bicyclic) bond motifs is 1. The summed E-state index contributed by atoms with van der Waals surface area (Å²) < 4.78 is 0. The maximum Gasteiger partial charge on any atom is 0.0631 e. The van der Waals surface area contributed by atoms with Crippen molar-refractivity contribution in [2.45, 2.75) is 0 Å². The van der Waals surface area contributed by atoms with Crippen molar-refractivity contribution in [2.75, 3.05) is 24.7 Å². The van der Waals surface area contributed by atoms with Gasteiger partial charge in [0.05, 0.1) is 11.4 Å². The van der Waals surface area contributed by atoms with E-state index in [1.54, 1.807) is 0 Å². The molecule has 0 fully saturated rings. The zero-order chi connectivity index (χ0) is 10.1. The van der Waals surface area contributed by atoms with E-state index in [1.807, 2.05) is 31.1 Å². The lowest BCUT2D eigenvalue weighted by molar-refractivity contribution is 1.14. The van der Waals surface area contributed by atoms with Gasteiger partial charge in [-0.15, -0.1) is 0 Å². The van der Waals surface area contributed by atoms with Crippen LogP contribution in [0.3, 0.4) is 0 Å². The summed E-state index contributed by atoms with van der Waals surface area (Å²) in [5, 5.41) is 2.31. The molecule has 0 spiro atoms. The first-order valence-corrected chi connectivity index (χ1v) is 4.64. The molecule has 0 unspecified atom stereocenters. The molecule has 0 aliphatic carbocycles. The summed E-state index contributed by atoms with van der Waals surface area (Å²) in [7, 11) is 4.00. The number of anilines is 2. The standard InChI is InChI=1S/C12H14N2/c1-14(2)11-8-7-9-5-3-4-6-10(9)12(11)13/h3-8H,13H2,1-2H3. The zero-order valence-electron chi connectivity index (χ0n) is 8.49. The average Bonchev–Trinajstić information content (AvgIpc) is 2.18. The maximum absolute atomic E-state index is 6.08. The molecule has 0 bridgehead atoms. The normalized spacial score (nSPS) is 10.4.